The quantitative estimate of drug-likeness (QED) is 0.702. The molecule has 1 aromatic heterocycles. The summed E-state index contributed by atoms with van der Waals surface area (Å²) in [5.74, 6) is -0.703. The molecule has 0 unspecified atom stereocenters. The summed E-state index contributed by atoms with van der Waals surface area (Å²) in [5.41, 5.74) is 3.17. The van der Waals surface area contributed by atoms with Crippen LogP contribution in [0.25, 0.3) is 22.2 Å². The Kier molecular flexibility index (Phi) is 3.17. The summed E-state index contributed by atoms with van der Waals surface area (Å²) in [5, 5.41) is 2.96. The summed E-state index contributed by atoms with van der Waals surface area (Å²) in [4.78, 5) is 13.8. The molecule has 1 heterocycles. The Morgan fingerprint density at radius 3 is 2.48 bits per heavy atom. The SMILES string of the molecule is Cc1c(-c2ccc(F)cc2)[nH]c2c(NC=O)ccc(F)c12. The standard InChI is InChI=1S/C16H12F2N2O/c1-9-14-12(18)6-7-13(19-8-21)16(14)20-15(9)10-2-4-11(17)5-3-10/h2-8,20H,1H3,(H,19,21). The van der Waals surface area contributed by atoms with E-state index < -0.39 is 0 Å². The molecule has 21 heavy (non-hydrogen) atoms. The van der Waals surface area contributed by atoms with Crippen molar-refractivity contribution in [1.82, 2.24) is 4.98 Å². The third-order valence-corrected chi connectivity index (χ3v) is 3.50. The second-order valence-corrected chi connectivity index (χ2v) is 4.74. The van der Waals surface area contributed by atoms with Crippen LogP contribution in [0.15, 0.2) is 36.4 Å². The number of H-pyrrole nitrogens is 1. The van der Waals surface area contributed by atoms with E-state index >= 15 is 0 Å². The molecule has 1 amide bonds. The smallest absolute Gasteiger partial charge is 0.211 e. The van der Waals surface area contributed by atoms with Crippen molar-refractivity contribution in [2.24, 2.45) is 0 Å². The van der Waals surface area contributed by atoms with Crippen molar-refractivity contribution >= 4 is 23.0 Å². The molecule has 0 aliphatic carbocycles. The fourth-order valence-electron chi connectivity index (χ4n) is 2.51. The minimum absolute atomic E-state index is 0.331. The summed E-state index contributed by atoms with van der Waals surface area (Å²) < 4.78 is 27.1. The van der Waals surface area contributed by atoms with Gasteiger partial charge in [-0.2, -0.15) is 0 Å². The zero-order chi connectivity index (χ0) is 15.0. The summed E-state index contributed by atoms with van der Waals surface area (Å²) in [7, 11) is 0. The molecular weight excluding hydrogens is 274 g/mol. The van der Waals surface area contributed by atoms with E-state index in [-0.39, 0.29) is 11.6 Å². The molecule has 0 atom stereocenters. The van der Waals surface area contributed by atoms with Crippen molar-refractivity contribution in [2.45, 2.75) is 6.92 Å². The third kappa shape index (κ3) is 2.16. The molecule has 0 aliphatic rings. The van der Waals surface area contributed by atoms with Crippen molar-refractivity contribution < 1.29 is 13.6 Å². The fraction of sp³-hybridized carbons (Fsp3) is 0.0625. The maximum absolute atomic E-state index is 14.1. The first-order valence-corrected chi connectivity index (χ1v) is 6.38. The molecular formula is C16H12F2N2O. The molecule has 0 radical (unpaired) electrons. The number of carbonyl (C=O) groups excluding carboxylic acids is 1. The predicted octanol–water partition coefficient (Wildman–Crippen LogP) is 3.99. The van der Waals surface area contributed by atoms with Gasteiger partial charge in [0.25, 0.3) is 0 Å². The number of anilines is 1. The molecule has 5 heteroatoms. The fourth-order valence-corrected chi connectivity index (χ4v) is 2.51. The third-order valence-electron chi connectivity index (χ3n) is 3.50. The number of amides is 1. The van der Waals surface area contributed by atoms with Gasteiger partial charge >= 0.3 is 0 Å². The van der Waals surface area contributed by atoms with Crippen LogP contribution in [0.5, 0.6) is 0 Å². The summed E-state index contributed by atoms with van der Waals surface area (Å²) in [6, 6.07) is 8.75. The number of rotatable bonds is 3. The lowest BCUT2D eigenvalue weighted by Gasteiger charge is -2.01. The largest absolute Gasteiger partial charge is 0.353 e. The number of aryl methyl sites for hydroxylation is 1. The molecule has 0 saturated carbocycles. The van der Waals surface area contributed by atoms with Gasteiger partial charge in [0.1, 0.15) is 11.6 Å². The first-order chi connectivity index (χ1) is 10.1. The Morgan fingerprint density at radius 2 is 1.81 bits per heavy atom. The van der Waals surface area contributed by atoms with E-state index in [0.717, 1.165) is 5.56 Å². The van der Waals surface area contributed by atoms with Crippen LogP contribution in [-0.4, -0.2) is 11.4 Å². The normalized spacial score (nSPS) is 10.8. The Morgan fingerprint density at radius 1 is 1.10 bits per heavy atom. The molecule has 0 aliphatic heterocycles. The molecule has 3 nitrogen and oxygen atoms in total. The predicted molar refractivity (Wildman–Crippen MR) is 78.1 cm³/mol. The molecule has 0 saturated heterocycles. The second-order valence-electron chi connectivity index (χ2n) is 4.74. The van der Waals surface area contributed by atoms with Crippen LogP contribution in [0, 0.1) is 18.6 Å². The highest BCUT2D eigenvalue weighted by Gasteiger charge is 2.15. The van der Waals surface area contributed by atoms with Crippen LogP contribution in [0.3, 0.4) is 0 Å². The zero-order valence-corrected chi connectivity index (χ0v) is 11.2. The maximum Gasteiger partial charge on any atom is 0.211 e. The molecule has 3 rings (SSSR count). The lowest BCUT2D eigenvalue weighted by Crippen LogP contribution is -1.95. The number of aromatic amines is 1. The van der Waals surface area contributed by atoms with E-state index in [1.165, 1.54) is 24.3 Å². The van der Waals surface area contributed by atoms with E-state index in [9.17, 15) is 13.6 Å². The number of nitrogens with one attached hydrogen (secondary N) is 2. The first kappa shape index (κ1) is 13.3. The summed E-state index contributed by atoms with van der Waals surface area (Å²) in [6.45, 7) is 1.78. The zero-order valence-electron chi connectivity index (χ0n) is 11.2. The number of fused-ring (bicyclic) bond motifs is 1. The summed E-state index contributed by atoms with van der Waals surface area (Å²) in [6.07, 6.45) is 0.542. The Hall–Kier alpha value is -2.69. The number of aromatic nitrogens is 1. The lowest BCUT2D eigenvalue weighted by molar-refractivity contribution is -0.105. The van der Waals surface area contributed by atoms with Crippen LogP contribution in [-0.2, 0) is 4.79 Å². The van der Waals surface area contributed by atoms with Crippen LogP contribution in [0.1, 0.15) is 5.56 Å². The van der Waals surface area contributed by atoms with Crippen molar-refractivity contribution in [2.75, 3.05) is 5.32 Å². The van der Waals surface area contributed by atoms with Crippen LogP contribution >= 0.6 is 0 Å². The van der Waals surface area contributed by atoms with Gasteiger partial charge in [-0.3, -0.25) is 4.79 Å². The highest BCUT2D eigenvalue weighted by molar-refractivity contribution is 6.00. The summed E-state index contributed by atoms with van der Waals surface area (Å²) >= 11 is 0. The topological polar surface area (TPSA) is 44.9 Å². The van der Waals surface area contributed by atoms with Gasteiger partial charge in [0.2, 0.25) is 6.41 Å². The number of hydrogen-bond acceptors (Lipinski definition) is 1. The van der Waals surface area contributed by atoms with Crippen LogP contribution in [0.4, 0.5) is 14.5 Å². The van der Waals surface area contributed by atoms with Gasteiger partial charge in [0, 0.05) is 11.1 Å². The molecule has 0 bridgehead atoms. The van der Waals surface area contributed by atoms with Gasteiger partial charge in [0.05, 0.1) is 11.2 Å². The Bertz CT molecular complexity index is 822. The van der Waals surface area contributed by atoms with Gasteiger partial charge in [-0.15, -0.1) is 0 Å². The van der Waals surface area contributed by atoms with Crippen molar-refractivity contribution in [3.8, 4) is 11.3 Å². The number of halogens is 2. The Labute approximate surface area is 119 Å². The average Bonchev–Trinajstić information content (AvgIpc) is 2.82. The van der Waals surface area contributed by atoms with E-state index in [0.29, 0.717) is 34.3 Å². The minimum atomic E-state index is -0.372. The molecule has 2 N–H and O–H groups in total. The average molecular weight is 286 g/mol. The number of hydrogen-bond donors (Lipinski definition) is 2. The lowest BCUT2D eigenvalue weighted by atomic mass is 10.1. The van der Waals surface area contributed by atoms with Crippen molar-refractivity contribution in [3.63, 3.8) is 0 Å². The van der Waals surface area contributed by atoms with Gasteiger partial charge in [-0.05, 0) is 54.4 Å². The minimum Gasteiger partial charge on any atom is -0.353 e. The molecule has 3 aromatic rings. The molecule has 2 aromatic carbocycles. The first-order valence-electron chi connectivity index (χ1n) is 6.38. The van der Waals surface area contributed by atoms with E-state index in [1.807, 2.05) is 0 Å². The van der Waals surface area contributed by atoms with E-state index in [2.05, 4.69) is 10.3 Å². The van der Waals surface area contributed by atoms with E-state index in [1.54, 1.807) is 19.1 Å². The van der Waals surface area contributed by atoms with E-state index in [4.69, 9.17) is 0 Å². The molecule has 0 spiro atoms. The van der Waals surface area contributed by atoms with Crippen molar-refractivity contribution in [1.29, 1.82) is 0 Å². The van der Waals surface area contributed by atoms with Gasteiger partial charge in [-0.25, -0.2) is 8.78 Å². The highest BCUT2D eigenvalue weighted by Crippen LogP contribution is 2.34. The molecule has 106 valence electrons. The van der Waals surface area contributed by atoms with Crippen LogP contribution < -0.4 is 5.32 Å². The second kappa shape index (κ2) is 5.01. The Balaban J connectivity index is 2.27. The highest BCUT2D eigenvalue weighted by atomic mass is 19.1. The maximum atomic E-state index is 14.1. The molecule has 0 fully saturated rings. The number of benzene rings is 2. The monoisotopic (exact) mass is 286 g/mol. The van der Waals surface area contributed by atoms with Crippen LogP contribution in [0.2, 0.25) is 0 Å². The van der Waals surface area contributed by atoms with Gasteiger partial charge in [-0.1, -0.05) is 0 Å². The van der Waals surface area contributed by atoms with Gasteiger partial charge in [0.15, 0.2) is 0 Å². The van der Waals surface area contributed by atoms with Gasteiger partial charge < -0.3 is 10.3 Å². The van der Waals surface area contributed by atoms with Crippen molar-refractivity contribution in [3.05, 3.63) is 53.6 Å². The number of carbonyl (C=O) groups is 1.